The minimum atomic E-state index is -0.0281. The minimum absolute atomic E-state index is 0.0281. The molecule has 96 valence electrons. The molecular weight excluding hydrogens is 258 g/mol. The van der Waals surface area contributed by atoms with Crippen molar-refractivity contribution in [3.05, 3.63) is 66.2 Å². The van der Waals surface area contributed by atoms with Crippen molar-refractivity contribution in [1.29, 1.82) is 0 Å². The summed E-state index contributed by atoms with van der Waals surface area (Å²) in [5.41, 5.74) is 0.650. The second-order valence-corrected chi connectivity index (χ2v) is 4.22. The zero-order valence-electron chi connectivity index (χ0n) is 10.2. The third-order valence-electron chi connectivity index (χ3n) is 2.44. The van der Waals surface area contributed by atoms with Gasteiger partial charge in [0.1, 0.15) is 5.75 Å². The van der Waals surface area contributed by atoms with Gasteiger partial charge in [-0.3, -0.25) is 4.79 Å². The molecule has 4 heteroatoms. The normalized spacial score (nSPS) is 9.68. The van der Waals surface area contributed by atoms with Crippen molar-refractivity contribution < 1.29 is 9.53 Å². The van der Waals surface area contributed by atoms with E-state index in [1.54, 1.807) is 24.3 Å². The Morgan fingerprint density at radius 2 is 1.58 bits per heavy atom. The molecule has 0 aliphatic carbocycles. The summed E-state index contributed by atoms with van der Waals surface area (Å²) in [4.78, 5) is 11.8. The van der Waals surface area contributed by atoms with Crippen LogP contribution in [0.15, 0.2) is 60.7 Å². The Kier molecular flexibility index (Phi) is 4.64. The number of Topliss-reactive ketones (excluding diaryl/α,β-unsaturated/α-hetero) is 1. The molecule has 0 aromatic heterocycles. The van der Waals surface area contributed by atoms with E-state index in [0.29, 0.717) is 11.3 Å². The molecule has 2 aromatic rings. The highest BCUT2D eigenvalue weighted by molar-refractivity contribution is 7.80. The number of nitrogens with one attached hydrogen (secondary N) is 1. The van der Waals surface area contributed by atoms with Gasteiger partial charge in [-0.25, -0.2) is 0 Å². The highest BCUT2D eigenvalue weighted by Gasteiger charge is 2.06. The average molecular weight is 271 g/mol. The molecule has 0 spiro atoms. The van der Waals surface area contributed by atoms with Crippen LogP contribution in [0.5, 0.6) is 5.75 Å². The van der Waals surface area contributed by atoms with Crippen LogP contribution in [-0.4, -0.2) is 17.5 Å². The molecule has 2 aromatic carbocycles. The van der Waals surface area contributed by atoms with Gasteiger partial charge in [0.25, 0.3) is 5.17 Å². The second kappa shape index (κ2) is 6.66. The van der Waals surface area contributed by atoms with Gasteiger partial charge in [0, 0.05) is 5.56 Å². The van der Waals surface area contributed by atoms with E-state index in [1.165, 1.54) is 0 Å². The zero-order chi connectivity index (χ0) is 13.5. The molecule has 0 heterocycles. The summed E-state index contributed by atoms with van der Waals surface area (Å²) in [5.74, 6) is 0.617. The minimum Gasteiger partial charge on any atom is -0.432 e. The number of hydrogen-bond acceptors (Lipinski definition) is 3. The van der Waals surface area contributed by atoms with Gasteiger partial charge in [0.2, 0.25) is 0 Å². The second-order valence-electron chi connectivity index (χ2n) is 3.85. The van der Waals surface area contributed by atoms with Gasteiger partial charge in [0.05, 0.1) is 6.54 Å². The van der Waals surface area contributed by atoms with Crippen LogP contribution in [0.25, 0.3) is 0 Å². The molecule has 0 aliphatic heterocycles. The number of carbonyl (C=O) groups excluding carboxylic acids is 1. The molecule has 0 saturated heterocycles. The average Bonchev–Trinajstić information content (AvgIpc) is 2.47. The first-order valence-electron chi connectivity index (χ1n) is 5.84. The summed E-state index contributed by atoms with van der Waals surface area (Å²) in [6.07, 6.45) is 0. The van der Waals surface area contributed by atoms with Crippen molar-refractivity contribution in [3.63, 3.8) is 0 Å². The lowest BCUT2D eigenvalue weighted by Gasteiger charge is -2.08. The van der Waals surface area contributed by atoms with E-state index >= 15 is 0 Å². The van der Waals surface area contributed by atoms with Crippen molar-refractivity contribution in [1.82, 2.24) is 5.32 Å². The van der Waals surface area contributed by atoms with Crippen LogP contribution in [-0.2, 0) is 0 Å². The van der Waals surface area contributed by atoms with Gasteiger partial charge >= 0.3 is 0 Å². The molecule has 0 amide bonds. The largest absolute Gasteiger partial charge is 0.432 e. The maximum absolute atomic E-state index is 11.8. The lowest BCUT2D eigenvalue weighted by Crippen LogP contribution is -2.31. The summed E-state index contributed by atoms with van der Waals surface area (Å²) >= 11 is 5.02. The van der Waals surface area contributed by atoms with E-state index in [-0.39, 0.29) is 17.5 Å². The lowest BCUT2D eigenvalue weighted by molar-refractivity contribution is 0.0995. The Bertz CT molecular complexity index is 555. The Hall–Kier alpha value is -2.20. The summed E-state index contributed by atoms with van der Waals surface area (Å²) in [7, 11) is 0. The first kappa shape index (κ1) is 13.2. The van der Waals surface area contributed by atoms with Crippen molar-refractivity contribution in [2.75, 3.05) is 6.54 Å². The van der Waals surface area contributed by atoms with E-state index in [0.717, 1.165) is 0 Å². The molecule has 0 radical (unpaired) electrons. The molecule has 0 saturated carbocycles. The Morgan fingerprint density at radius 1 is 1.00 bits per heavy atom. The third kappa shape index (κ3) is 4.19. The molecule has 2 rings (SSSR count). The zero-order valence-corrected chi connectivity index (χ0v) is 11.0. The quantitative estimate of drug-likeness (QED) is 0.685. The maximum atomic E-state index is 11.8. The predicted molar refractivity (Wildman–Crippen MR) is 78.4 cm³/mol. The first-order valence-corrected chi connectivity index (χ1v) is 6.25. The van der Waals surface area contributed by atoms with Crippen molar-refractivity contribution >= 4 is 23.2 Å². The van der Waals surface area contributed by atoms with Crippen molar-refractivity contribution in [2.24, 2.45) is 0 Å². The topological polar surface area (TPSA) is 38.3 Å². The van der Waals surface area contributed by atoms with E-state index in [1.807, 2.05) is 36.4 Å². The summed E-state index contributed by atoms with van der Waals surface area (Å²) < 4.78 is 5.37. The van der Waals surface area contributed by atoms with Crippen LogP contribution in [0, 0.1) is 0 Å². The predicted octanol–water partition coefficient (Wildman–Crippen LogP) is 2.82. The SMILES string of the molecule is O=C(CNC(=S)Oc1ccccc1)c1ccccc1. The van der Waals surface area contributed by atoms with E-state index in [9.17, 15) is 4.79 Å². The molecule has 0 atom stereocenters. The number of hydrogen-bond donors (Lipinski definition) is 1. The molecule has 0 unspecified atom stereocenters. The number of rotatable bonds is 4. The fourth-order valence-electron chi connectivity index (χ4n) is 1.51. The van der Waals surface area contributed by atoms with E-state index < -0.39 is 0 Å². The monoisotopic (exact) mass is 271 g/mol. The molecule has 1 N–H and O–H groups in total. The molecule has 0 fully saturated rings. The van der Waals surface area contributed by atoms with Crippen LogP contribution in [0.2, 0.25) is 0 Å². The Labute approximate surface area is 117 Å². The number of ketones is 1. The Balaban J connectivity index is 1.83. The third-order valence-corrected chi connectivity index (χ3v) is 2.67. The summed E-state index contributed by atoms with van der Waals surface area (Å²) in [5, 5.41) is 2.98. The summed E-state index contributed by atoms with van der Waals surface area (Å²) in [6, 6.07) is 18.3. The van der Waals surface area contributed by atoms with E-state index in [2.05, 4.69) is 5.32 Å². The lowest BCUT2D eigenvalue weighted by atomic mass is 10.1. The fraction of sp³-hybridized carbons (Fsp3) is 0.0667. The van der Waals surface area contributed by atoms with Crippen molar-refractivity contribution in [2.45, 2.75) is 0 Å². The van der Waals surface area contributed by atoms with Gasteiger partial charge in [-0.2, -0.15) is 0 Å². The summed E-state index contributed by atoms with van der Waals surface area (Å²) in [6.45, 7) is 0.121. The highest BCUT2D eigenvalue weighted by Crippen LogP contribution is 2.08. The number of para-hydroxylation sites is 1. The maximum Gasteiger partial charge on any atom is 0.262 e. The van der Waals surface area contributed by atoms with Gasteiger partial charge in [-0.05, 0) is 24.4 Å². The number of thiocarbonyl (C=S) groups is 1. The van der Waals surface area contributed by atoms with Gasteiger partial charge in [-0.1, -0.05) is 48.5 Å². The van der Waals surface area contributed by atoms with Crippen molar-refractivity contribution in [3.8, 4) is 5.75 Å². The molecular formula is C15H13NO2S. The van der Waals surface area contributed by atoms with Gasteiger partial charge in [-0.15, -0.1) is 0 Å². The van der Waals surface area contributed by atoms with Crippen LogP contribution in [0.4, 0.5) is 0 Å². The fourth-order valence-corrected chi connectivity index (χ4v) is 1.68. The van der Waals surface area contributed by atoms with Crippen LogP contribution < -0.4 is 10.1 Å². The smallest absolute Gasteiger partial charge is 0.262 e. The van der Waals surface area contributed by atoms with Crippen LogP contribution in [0.3, 0.4) is 0 Å². The number of benzene rings is 2. The standard InChI is InChI=1S/C15H13NO2S/c17-14(12-7-3-1-4-8-12)11-16-15(19)18-13-9-5-2-6-10-13/h1-10H,11H2,(H,16,19). The first-order chi connectivity index (χ1) is 9.25. The number of carbonyl (C=O) groups is 1. The number of ether oxygens (including phenoxy) is 1. The van der Waals surface area contributed by atoms with Gasteiger partial charge in [0.15, 0.2) is 5.78 Å². The Morgan fingerprint density at radius 3 is 2.21 bits per heavy atom. The molecule has 3 nitrogen and oxygen atoms in total. The molecule has 0 aliphatic rings. The highest BCUT2D eigenvalue weighted by atomic mass is 32.1. The van der Waals surface area contributed by atoms with E-state index in [4.69, 9.17) is 17.0 Å². The van der Waals surface area contributed by atoms with Gasteiger partial charge < -0.3 is 10.1 Å². The van der Waals surface area contributed by atoms with Crippen LogP contribution in [0.1, 0.15) is 10.4 Å². The molecule has 0 bridgehead atoms. The molecule has 19 heavy (non-hydrogen) atoms. The van der Waals surface area contributed by atoms with Crippen LogP contribution >= 0.6 is 12.2 Å².